The molecule has 0 atom stereocenters. The van der Waals surface area contributed by atoms with Gasteiger partial charge >= 0.3 is 0 Å². The van der Waals surface area contributed by atoms with Crippen molar-refractivity contribution in [3.05, 3.63) is 98.9 Å². The van der Waals surface area contributed by atoms with Crippen LogP contribution in [0.15, 0.2) is 71.5 Å². The fourth-order valence-electron chi connectivity index (χ4n) is 4.80. The predicted octanol–water partition coefficient (Wildman–Crippen LogP) is 6.54. The Morgan fingerprint density at radius 3 is 2.23 bits per heavy atom. The lowest BCUT2D eigenvalue weighted by molar-refractivity contribution is 0.355. The van der Waals surface area contributed by atoms with Gasteiger partial charge in [-0.25, -0.2) is 0 Å². The summed E-state index contributed by atoms with van der Waals surface area (Å²) in [5.74, 6) is 1.21. The molecular formula is C29H27ClN2O3. The topological polar surface area (TPSA) is 45.4 Å². The van der Waals surface area contributed by atoms with Gasteiger partial charge in [-0.1, -0.05) is 47.5 Å². The maximum absolute atomic E-state index is 13.7. The van der Waals surface area contributed by atoms with Crippen molar-refractivity contribution >= 4 is 33.4 Å². The van der Waals surface area contributed by atoms with Crippen molar-refractivity contribution in [3.63, 3.8) is 0 Å². The van der Waals surface area contributed by atoms with Crippen molar-refractivity contribution in [2.75, 3.05) is 14.2 Å². The number of aromatic nitrogens is 2. The minimum Gasteiger partial charge on any atom is -0.493 e. The monoisotopic (exact) mass is 486 g/mol. The first-order chi connectivity index (χ1) is 17.0. The van der Waals surface area contributed by atoms with E-state index in [1.165, 1.54) is 5.56 Å². The van der Waals surface area contributed by atoms with E-state index in [1.807, 2.05) is 49.4 Å². The number of hydrogen-bond acceptors (Lipinski definition) is 3. The van der Waals surface area contributed by atoms with E-state index in [4.69, 9.17) is 21.1 Å². The molecule has 178 valence electrons. The average Bonchev–Trinajstić information content (AvgIpc) is 3.25. The lowest BCUT2D eigenvalue weighted by Crippen LogP contribution is -2.20. The van der Waals surface area contributed by atoms with Gasteiger partial charge < -0.3 is 18.6 Å². The van der Waals surface area contributed by atoms with Crippen LogP contribution in [0.5, 0.6) is 11.5 Å². The molecular weight excluding hydrogens is 460 g/mol. The molecule has 3 aromatic carbocycles. The Morgan fingerprint density at radius 1 is 0.886 bits per heavy atom. The van der Waals surface area contributed by atoms with E-state index in [0.29, 0.717) is 34.9 Å². The number of fused-ring (bicyclic) bond motifs is 3. The lowest BCUT2D eigenvalue weighted by Gasteiger charge is -2.17. The van der Waals surface area contributed by atoms with Gasteiger partial charge in [0.15, 0.2) is 11.5 Å². The van der Waals surface area contributed by atoms with Crippen molar-refractivity contribution < 1.29 is 9.47 Å². The van der Waals surface area contributed by atoms with Crippen molar-refractivity contribution in [1.82, 2.24) is 9.13 Å². The Labute approximate surface area is 209 Å². The highest BCUT2D eigenvalue weighted by Gasteiger charge is 2.21. The molecule has 0 aliphatic heterocycles. The number of ether oxygens (including phenoxy) is 2. The van der Waals surface area contributed by atoms with Gasteiger partial charge in [0.1, 0.15) is 0 Å². The Balaban J connectivity index is 1.94. The minimum atomic E-state index is -0.0338. The van der Waals surface area contributed by atoms with Gasteiger partial charge in [-0.2, -0.15) is 0 Å². The third kappa shape index (κ3) is 3.86. The zero-order valence-corrected chi connectivity index (χ0v) is 21.0. The van der Waals surface area contributed by atoms with Crippen LogP contribution in [0.25, 0.3) is 27.5 Å². The molecule has 0 aliphatic carbocycles. The summed E-state index contributed by atoms with van der Waals surface area (Å²) in [5.41, 5.74) is 5.76. The first-order valence-electron chi connectivity index (χ1n) is 11.6. The number of benzene rings is 3. The molecule has 0 spiro atoms. The molecule has 0 bridgehead atoms. The summed E-state index contributed by atoms with van der Waals surface area (Å²) in [5, 5.41) is 2.29. The second-order valence-corrected chi connectivity index (χ2v) is 9.02. The molecule has 6 heteroatoms. The average molecular weight is 487 g/mol. The molecule has 2 aromatic heterocycles. The fraction of sp³-hybridized carbons (Fsp3) is 0.207. The van der Waals surface area contributed by atoms with Crippen LogP contribution in [-0.4, -0.2) is 23.4 Å². The van der Waals surface area contributed by atoms with Gasteiger partial charge in [-0.3, -0.25) is 4.79 Å². The summed E-state index contributed by atoms with van der Waals surface area (Å²) < 4.78 is 15.2. The van der Waals surface area contributed by atoms with E-state index in [2.05, 4.69) is 35.8 Å². The quantitative estimate of drug-likeness (QED) is 0.274. The summed E-state index contributed by atoms with van der Waals surface area (Å²) in [7, 11) is 3.23. The second kappa shape index (κ2) is 9.16. The Morgan fingerprint density at radius 2 is 1.57 bits per heavy atom. The SMILES string of the molecule is CCn1c(=O)c2cc(Cc3ccccc3Cl)n(-c3ccc(C)cc3)c2c2cc(OC)c(OC)cc21. The standard InChI is InChI=1S/C29H27ClN2O3/c1-5-31-25-17-27(35-4)26(34-3)16-22(25)28-23(29(31)33)15-21(14-19-8-6-7-9-24(19)30)32(28)20-12-10-18(2)11-13-20/h6-13,15-17H,5,14H2,1-4H3. The summed E-state index contributed by atoms with van der Waals surface area (Å²) in [6, 6.07) is 22.0. The molecule has 0 N–H and O–H groups in total. The number of hydrogen-bond donors (Lipinski definition) is 0. The highest BCUT2D eigenvalue weighted by atomic mass is 35.5. The molecule has 0 radical (unpaired) electrons. The molecule has 2 heterocycles. The molecule has 0 saturated carbocycles. The zero-order valence-electron chi connectivity index (χ0n) is 20.3. The Kier molecular flexibility index (Phi) is 6.03. The van der Waals surface area contributed by atoms with Gasteiger partial charge in [0.25, 0.3) is 5.56 Å². The summed E-state index contributed by atoms with van der Waals surface area (Å²) in [4.78, 5) is 13.7. The number of methoxy groups -OCH3 is 2. The van der Waals surface area contributed by atoms with E-state index in [1.54, 1.807) is 18.8 Å². The first-order valence-corrected chi connectivity index (χ1v) is 12.0. The highest BCUT2D eigenvalue weighted by molar-refractivity contribution is 6.31. The van der Waals surface area contributed by atoms with Crippen LogP contribution in [0.4, 0.5) is 0 Å². The maximum atomic E-state index is 13.7. The van der Waals surface area contributed by atoms with Crippen molar-refractivity contribution in [2.45, 2.75) is 26.8 Å². The number of pyridine rings is 1. The Hall–Kier alpha value is -3.70. The number of rotatable bonds is 6. The van der Waals surface area contributed by atoms with Crippen molar-refractivity contribution in [3.8, 4) is 17.2 Å². The van der Waals surface area contributed by atoms with Crippen LogP contribution in [0.3, 0.4) is 0 Å². The van der Waals surface area contributed by atoms with Crippen molar-refractivity contribution in [1.29, 1.82) is 0 Å². The van der Waals surface area contributed by atoms with E-state index in [0.717, 1.165) is 33.4 Å². The first kappa shape index (κ1) is 23.1. The van der Waals surface area contributed by atoms with Crippen LogP contribution in [-0.2, 0) is 13.0 Å². The predicted molar refractivity (Wildman–Crippen MR) is 143 cm³/mol. The van der Waals surface area contributed by atoms with Crippen LogP contribution in [0, 0.1) is 6.92 Å². The molecule has 0 aliphatic rings. The maximum Gasteiger partial charge on any atom is 0.260 e. The molecule has 35 heavy (non-hydrogen) atoms. The third-order valence-electron chi connectivity index (χ3n) is 6.54. The van der Waals surface area contributed by atoms with Gasteiger partial charge in [0, 0.05) is 40.8 Å². The molecule has 0 saturated heterocycles. The van der Waals surface area contributed by atoms with Crippen LogP contribution >= 0.6 is 11.6 Å². The second-order valence-electron chi connectivity index (χ2n) is 8.61. The van der Waals surface area contributed by atoms with Gasteiger partial charge in [0.2, 0.25) is 0 Å². The van der Waals surface area contributed by atoms with Gasteiger partial charge in [0.05, 0.1) is 30.6 Å². The molecule has 0 unspecified atom stereocenters. The molecule has 0 amide bonds. The highest BCUT2D eigenvalue weighted by Crippen LogP contribution is 2.37. The minimum absolute atomic E-state index is 0.0338. The fourth-order valence-corrected chi connectivity index (χ4v) is 5.00. The Bertz CT molecular complexity index is 1610. The zero-order chi connectivity index (χ0) is 24.7. The largest absolute Gasteiger partial charge is 0.493 e. The van der Waals surface area contributed by atoms with E-state index < -0.39 is 0 Å². The van der Waals surface area contributed by atoms with Crippen LogP contribution in [0.2, 0.25) is 5.02 Å². The smallest absolute Gasteiger partial charge is 0.260 e. The molecule has 5 nitrogen and oxygen atoms in total. The number of halogens is 1. The molecule has 5 aromatic rings. The molecule has 0 fully saturated rings. The van der Waals surface area contributed by atoms with Gasteiger partial charge in [-0.05, 0) is 49.7 Å². The van der Waals surface area contributed by atoms with Gasteiger partial charge in [-0.15, -0.1) is 0 Å². The van der Waals surface area contributed by atoms with Crippen molar-refractivity contribution in [2.24, 2.45) is 0 Å². The van der Waals surface area contributed by atoms with Crippen LogP contribution in [0.1, 0.15) is 23.7 Å². The number of nitrogens with zero attached hydrogens (tertiary/aromatic N) is 2. The summed E-state index contributed by atoms with van der Waals surface area (Å²) >= 11 is 6.53. The summed E-state index contributed by atoms with van der Waals surface area (Å²) in [6.45, 7) is 4.58. The van der Waals surface area contributed by atoms with Crippen LogP contribution < -0.4 is 15.0 Å². The number of aryl methyl sites for hydroxylation is 2. The normalized spacial score (nSPS) is 11.3. The lowest BCUT2D eigenvalue weighted by atomic mass is 10.1. The third-order valence-corrected chi connectivity index (χ3v) is 6.91. The molecule has 5 rings (SSSR count). The van der Waals surface area contributed by atoms with E-state index in [-0.39, 0.29) is 5.56 Å². The van der Waals surface area contributed by atoms with E-state index in [9.17, 15) is 4.79 Å². The summed E-state index contributed by atoms with van der Waals surface area (Å²) in [6.07, 6.45) is 0.586. The van der Waals surface area contributed by atoms with E-state index >= 15 is 0 Å².